The maximum absolute atomic E-state index is 13.3. The van der Waals surface area contributed by atoms with Crippen LogP contribution in [0.3, 0.4) is 0 Å². The number of Topliss-reactive ketones (excluding diaryl/α,β-unsaturated/α-hetero) is 2. The lowest BCUT2D eigenvalue weighted by atomic mass is 9.84. The topological polar surface area (TPSA) is 298 Å². The summed E-state index contributed by atoms with van der Waals surface area (Å²) in [6.45, 7) is 1.78. The molecule has 0 saturated carbocycles. The summed E-state index contributed by atoms with van der Waals surface area (Å²) >= 11 is 0.928. The highest BCUT2D eigenvalue weighted by molar-refractivity contribution is 7.84. The van der Waals surface area contributed by atoms with E-state index in [-0.39, 0.29) is 44.8 Å². The number of nitrogens with one attached hydrogen (secondary N) is 1. The molecule has 1 aromatic carbocycles. The van der Waals surface area contributed by atoms with Gasteiger partial charge in [0.2, 0.25) is 16.9 Å². The first-order chi connectivity index (χ1) is 23.3. The number of pyridine rings is 1. The van der Waals surface area contributed by atoms with Crippen molar-refractivity contribution in [2.24, 2.45) is 11.1 Å². The van der Waals surface area contributed by atoms with Crippen LogP contribution in [0.4, 0.5) is 5.13 Å². The van der Waals surface area contributed by atoms with Crippen LogP contribution in [0.2, 0.25) is 0 Å². The van der Waals surface area contributed by atoms with Crippen molar-refractivity contribution in [3.8, 4) is 5.75 Å². The molecule has 3 aromatic rings. The molecule has 0 aliphatic carbocycles. The van der Waals surface area contributed by atoms with Crippen LogP contribution in [0, 0.1) is 5.92 Å². The molecular weight excluding hydrogens is 704 g/mol. The van der Waals surface area contributed by atoms with Crippen LogP contribution in [0.1, 0.15) is 58.8 Å². The van der Waals surface area contributed by atoms with E-state index in [4.69, 9.17) is 10.6 Å². The van der Waals surface area contributed by atoms with E-state index in [1.54, 1.807) is 0 Å². The zero-order valence-corrected chi connectivity index (χ0v) is 27.8. The van der Waals surface area contributed by atoms with Crippen molar-refractivity contribution in [1.82, 2.24) is 19.3 Å². The minimum absolute atomic E-state index is 0.0229. The first-order valence-corrected chi connectivity index (χ1v) is 16.7. The summed E-state index contributed by atoms with van der Waals surface area (Å²) in [5.74, 6) is -6.69. The van der Waals surface area contributed by atoms with Crippen LogP contribution in [-0.2, 0) is 35.9 Å². The smallest absolute Gasteiger partial charge is 0.362 e. The van der Waals surface area contributed by atoms with Gasteiger partial charge in [-0.05, 0) is 32.4 Å². The van der Waals surface area contributed by atoms with Crippen molar-refractivity contribution in [3.05, 3.63) is 74.6 Å². The molecule has 0 spiro atoms. The minimum Gasteiger partial charge on any atom is -0.503 e. The van der Waals surface area contributed by atoms with E-state index in [0.29, 0.717) is 4.73 Å². The lowest BCUT2D eigenvalue weighted by Gasteiger charge is -2.44. The Kier molecular flexibility index (Phi) is 10.7. The van der Waals surface area contributed by atoms with Gasteiger partial charge >= 0.3 is 16.3 Å². The number of aromatic hydroxyl groups is 1. The van der Waals surface area contributed by atoms with Gasteiger partial charge in [0, 0.05) is 42.0 Å². The number of aromatic nitrogens is 2. The maximum Gasteiger partial charge on any atom is 0.362 e. The lowest BCUT2D eigenvalue weighted by molar-refractivity contribution is -0.161. The fourth-order valence-electron chi connectivity index (χ4n) is 4.67. The fourth-order valence-corrected chi connectivity index (χ4v) is 6.15. The molecular formula is C29H30N6O13S2. The molecule has 1 aliphatic heterocycles. The number of oxime groups is 1. The number of aryl methyl sites for hydroxylation is 1. The molecule has 1 fully saturated rings. The summed E-state index contributed by atoms with van der Waals surface area (Å²) in [6.07, 6.45) is -0.0788. The SMILES string of the molecule is CC(C)(O/N=C(\C(=O)C[C@@H]1C(=O)N(S(=O)(=O)O)[C@@H]1CNC(=O)c1ccc(C(=O)CCc2cc(=O)c(O)cn2O)cc1)c1csc(N)n1)C(=O)O. The zero-order chi connectivity index (χ0) is 37.1. The third kappa shape index (κ3) is 8.30. The fraction of sp³-hybridized carbons (Fsp3) is 0.310. The summed E-state index contributed by atoms with van der Waals surface area (Å²) in [6, 6.07) is 4.81. The number of carboxylic acids is 1. The summed E-state index contributed by atoms with van der Waals surface area (Å²) in [5, 5.41) is 36.0. The largest absolute Gasteiger partial charge is 0.503 e. The molecule has 21 heteroatoms. The number of hydrogen-bond donors (Lipinski definition) is 6. The number of benzene rings is 1. The standard InChI is InChI=1S/C29H30N6O13S2/c1-29(2,27(42)43)48-33-24(18-13-49-28(30)32-18)22(38)10-17-19(35(26(17)41)50(45,46)47)11-31-25(40)15-5-3-14(4-6-15)20(36)8-7-16-9-21(37)23(39)12-34(16)44/h3-6,9,12-13,17,19,39,44H,7-8,10-11H2,1-2H3,(H2,30,32)(H,31,40)(H,42,43)(H,45,46,47)/b33-24-/t17-,19+/m0/s1. The van der Waals surface area contributed by atoms with E-state index < -0.39 is 87.1 Å². The van der Waals surface area contributed by atoms with Gasteiger partial charge in [-0.15, -0.1) is 11.3 Å². The van der Waals surface area contributed by atoms with E-state index in [1.165, 1.54) is 29.6 Å². The Labute approximate surface area is 286 Å². The third-order valence-electron chi connectivity index (χ3n) is 7.50. The second-order valence-corrected chi connectivity index (χ2v) is 13.6. The van der Waals surface area contributed by atoms with Gasteiger partial charge in [0.05, 0.1) is 23.9 Å². The van der Waals surface area contributed by atoms with Crippen LogP contribution in [0.5, 0.6) is 5.75 Å². The molecule has 50 heavy (non-hydrogen) atoms. The Morgan fingerprint density at radius 1 is 1.14 bits per heavy atom. The number of anilines is 1. The Morgan fingerprint density at radius 2 is 1.78 bits per heavy atom. The van der Waals surface area contributed by atoms with Crippen LogP contribution in [-0.4, -0.2) is 95.7 Å². The highest BCUT2D eigenvalue weighted by atomic mass is 32.2. The van der Waals surface area contributed by atoms with Crippen molar-refractivity contribution in [2.45, 2.75) is 44.8 Å². The Bertz CT molecular complexity index is 2060. The molecule has 2 aromatic heterocycles. The number of ketones is 2. The lowest BCUT2D eigenvalue weighted by Crippen LogP contribution is -2.66. The monoisotopic (exact) mass is 734 g/mol. The summed E-state index contributed by atoms with van der Waals surface area (Å²) in [5.41, 5.74) is 2.73. The highest BCUT2D eigenvalue weighted by Gasteiger charge is 2.54. The molecule has 1 saturated heterocycles. The number of nitrogens with zero attached hydrogens (tertiary/aromatic N) is 4. The Hall–Kier alpha value is -5.67. The van der Waals surface area contributed by atoms with Crippen LogP contribution < -0.4 is 16.5 Å². The molecule has 0 bridgehead atoms. The van der Waals surface area contributed by atoms with Gasteiger partial charge in [-0.2, -0.15) is 13.1 Å². The second kappa shape index (κ2) is 14.4. The van der Waals surface area contributed by atoms with E-state index >= 15 is 0 Å². The molecule has 4 rings (SSSR count). The molecule has 0 radical (unpaired) electrons. The number of β-lactam (4-membered cyclic amide) rings is 1. The number of aliphatic carboxylic acids is 1. The van der Waals surface area contributed by atoms with E-state index in [2.05, 4.69) is 15.5 Å². The van der Waals surface area contributed by atoms with Crippen LogP contribution >= 0.6 is 11.3 Å². The number of carbonyl (C=O) groups excluding carboxylic acids is 4. The van der Waals surface area contributed by atoms with Gasteiger partial charge in [0.1, 0.15) is 5.69 Å². The van der Waals surface area contributed by atoms with Gasteiger partial charge in [0.15, 0.2) is 28.2 Å². The van der Waals surface area contributed by atoms with Gasteiger partial charge in [-0.1, -0.05) is 17.3 Å². The minimum atomic E-state index is -5.11. The predicted molar refractivity (Wildman–Crippen MR) is 172 cm³/mol. The first-order valence-electron chi connectivity index (χ1n) is 14.4. The van der Waals surface area contributed by atoms with Crippen molar-refractivity contribution in [2.75, 3.05) is 12.3 Å². The maximum atomic E-state index is 13.3. The molecule has 0 unspecified atom stereocenters. The number of thiazole rings is 1. The number of carbonyl (C=O) groups is 5. The number of amides is 2. The number of carboxylic acid groups (broad SMARTS) is 1. The van der Waals surface area contributed by atoms with Crippen molar-refractivity contribution < 1.29 is 57.2 Å². The number of nitrogens with two attached hydrogens (primary N) is 1. The molecule has 7 N–H and O–H groups in total. The average molecular weight is 735 g/mol. The van der Waals surface area contributed by atoms with Crippen molar-refractivity contribution in [3.63, 3.8) is 0 Å². The number of nitrogen functional groups attached to an aromatic ring is 1. The van der Waals surface area contributed by atoms with E-state index in [9.17, 15) is 57.2 Å². The van der Waals surface area contributed by atoms with Gasteiger partial charge in [-0.25, -0.2) is 14.1 Å². The number of hydrogen-bond acceptors (Lipinski definition) is 15. The van der Waals surface area contributed by atoms with Gasteiger partial charge in [0.25, 0.3) is 5.91 Å². The van der Waals surface area contributed by atoms with E-state index in [0.717, 1.165) is 37.4 Å². The summed E-state index contributed by atoms with van der Waals surface area (Å²) in [7, 11) is -5.11. The molecule has 3 heterocycles. The summed E-state index contributed by atoms with van der Waals surface area (Å²) < 4.78 is 34.2. The molecule has 19 nitrogen and oxygen atoms in total. The molecule has 2 amide bonds. The quantitative estimate of drug-likeness (QED) is 0.0304. The Morgan fingerprint density at radius 3 is 2.36 bits per heavy atom. The first kappa shape index (κ1) is 37.2. The van der Waals surface area contributed by atoms with Crippen molar-refractivity contribution in [1.29, 1.82) is 0 Å². The Balaban J connectivity index is 1.44. The predicted octanol–water partition coefficient (Wildman–Crippen LogP) is 0.248. The van der Waals surface area contributed by atoms with E-state index in [1.807, 2.05) is 0 Å². The highest BCUT2D eigenvalue weighted by Crippen LogP contribution is 2.32. The number of rotatable bonds is 15. The normalized spacial score (nSPS) is 16.4. The summed E-state index contributed by atoms with van der Waals surface area (Å²) in [4.78, 5) is 83.8. The molecule has 266 valence electrons. The van der Waals surface area contributed by atoms with Crippen LogP contribution in [0.25, 0.3) is 0 Å². The molecule has 1 aliphatic rings. The third-order valence-corrected chi connectivity index (χ3v) is 9.12. The zero-order valence-electron chi connectivity index (χ0n) is 26.2. The second-order valence-electron chi connectivity index (χ2n) is 11.4. The van der Waals surface area contributed by atoms with Crippen LogP contribution in [0.15, 0.2) is 51.9 Å². The van der Waals surface area contributed by atoms with Gasteiger partial charge < -0.3 is 31.3 Å². The average Bonchev–Trinajstić information content (AvgIpc) is 3.47. The molecule has 2 atom stereocenters. The van der Waals surface area contributed by atoms with Gasteiger partial charge in [-0.3, -0.25) is 28.5 Å². The van der Waals surface area contributed by atoms with Crippen molar-refractivity contribution >= 4 is 61.8 Å².